The van der Waals surface area contributed by atoms with E-state index in [9.17, 15) is 24.0 Å². The summed E-state index contributed by atoms with van der Waals surface area (Å²) in [7, 11) is 0. The fourth-order valence-electron chi connectivity index (χ4n) is 10.3. The molecule has 3 amide bonds. The smallest absolute Gasteiger partial charge is 0.262 e. The summed E-state index contributed by atoms with van der Waals surface area (Å²) in [6.07, 6.45) is 7.15. The van der Waals surface area contributed by atoms with Gasteiger partial charge in [-0.3, -0.25) is 33.8 Å². The highest BCUT2D eigenvalue weighted by Gasteiger charge is 2.45. The molecule has 306 valence electrons. The van der Waals surface area contributed by atoms with Gasteiger partial charge < -0.3 is 19.6 Å². The number of hydrogen-bond donors (Lipinski definition) is 0. The summed E-state index contributed by atoms with van der Waals surface area (Å²) >= 11 is 0. The third-order valence-electron chi connectivity index (χ3n) is 14.1. The molecule has 59 heavy (non-hydrogen) atoms. The summed E-state index contributed by atoms with van der Waals surface area (Å²) in [5.74, 6) is 0.178. The van der Waals surface area contributed by atoms with E-state index in [0.29, 0.717) is 28.3 Å². The number of likely N-dealkylation sites (tertiary alicyclic amines) is 1. The molecule has 0 N–H and O–H groups in total. The van der Waals surface area contributed by atoms with Crippen molar-refractivity contribution in [2.24, 2.45) is 11.3 Å². The third kappa shape index (κ3) is 7.59. The van der Waals surface area contributed by atoms with Crippen molar-refractivity contribution >= 4 is 52.2 Å². The summed E-state index contributed by atoms with van der Waals surface area (Å²) in [4.78, 5) is 85.4. The lowest BCUT2D eigenvalue weighted by Gasteiger charge is -2.40. The predicted molar refractivity (Wildman–Crippen MR) is 224 cm³/mol. The number of ketones is 2. The standard InChI is InChI=1S/C46H52N8O5/c1-31-25-34(5-8-39(31)47-2)53-20-15-46(30-53)13-18-52(19-14-46)43(57)33-3-10-42(48-28-33)51-23-21-49(22-24-51)29-32-11-16-50(17-12-32)35-4-7-37-38(26-35)45(59)54(44(37)58)40-9-6-36(55)27-41(40)56/h3-5,7-8,10,25-26,28,32,40H,6,9,11-24,27,29-30H2,1H3. The molecule has 1 aliphatic carbocycles. The van der Waals surface area contributed by atoms with E-state index in [1.807, 2.05) is 36.1 Å². The molecule has 0 bridgehead atoms. The van der Waals surface area contributed by atoms with Crippen LogP contribution in [0.2, 0.25) is 0 Å². The Morgan fingerprint density at radius 2 is 1.49 bits per heavy atom. The summed E-state index contributed by atoms with van der Waals surface area (Å²) in [5.41, 5.74) is 5.40. The average molecular weight is 797 g/mol. The topological polar surface area (TPSA) is 122 Å². The number of aromatic nitrogens is 1. The summed E-state index contributed by atoms with van der Waals surface area (Å²) in [6.45, 7) is 19.3. The molecule has 1 atom stereocenters. The van der Waals surface area contributed by atoms with Gasteiger partial charge in [0.05, 0.1) is 35.7 Å². The van der Waals surface area contributed by atoms with Gasteiger partial charge in [-0.1, -0.05) is 6.07 Å². The van der Waals surface area contributed by atoms with Crippen LogP contribution in [0.25, 0.3) is 4.85 Å². The Morgan fingerprint density at radius 1 is 0.780 bits per heavy atom. The number of benzene rings is 2. The van der Waals surface area contributed by atoms with Crippen LogP contribution in [-0.2, 0) is 9.59 Å². The largest absolute Gasteiger partial charge is 0.371 e. The first-order valence-electron chi connectivity index (χ1n) is 21.3. The predicted octanol–water partition coefficient (Wildman–Crippen LogP) is 5.40. The van der Waals surface area contributed by atoms with Crippen molar-refractivity contribution in [2.75, 3.05) is 86.7 Å². The van der Waals surface area contributed by atoms with Gasteiger partial charge >= 0.3 is 0 Å². The number of rotatable bonds is 7. The molecular formula is C46H52N8O5. The number of imide groups is 1. The fourth-order valence-corrected chi connectivity index (χ4v) is 10.3. The van der Waals surface area contributed by atoms with Crippen molar-refractivity contribution in [3.63, 3.8) is 0 Å². The van der Waals surface area contributed by atoms with Gasteiger partial charge in [0, 0.05) is 96.0 Å². The minimum absolute atomic E-state index is 0.0633. The van der Waals surface area contributed by atoms with E-state index in [4.69, 9.17) is 11.6 Å². The molecule has 6 heterocycles. The van der Waals surface area contributed by atoms with Crippen LogP contribution in [0, 0.1) is 24.8 Å². The Hall–Kier alpha value is -5.61. The highest BCUT2D eigenvalue weighted by Crippen LogP contribution is 2.43. The van der Waals surface area contributed by atoms with Gasteiger partial charge in [0.1, 0.15) is 11.6 Å². The Kier molecular flexibility index (Phi) is 10.5. The van der Waals surface area contributed by atoms with Crippen LogP contribution in [0.3, 0.4) is 0 Å². The summed E-state index contributed by atoms with van der Waals surface area (Å²) in [5, 5.41) is 0. The van der Waals surface area contributed by atoms with Gasteiger partial charge in [-0.15, -0.1) is 0 Å². The number of piperidine rings is 2. The van der Waals surface area contributed by atoms with Crippen molar-refractivity contribution in [2.45, 2.75) is 64.3 Å². The molecule has 0 radical (unpaired) electrons. The SMILES string of the molecule is [C-]#[N+]c1ccc(N2CCC3(CCN(C(=O)c4ccc(N5CCN(CC6CCN(c7ccc8c(c7)C(=O)N(C7CCC(=O)CC7=O)C8=O)CC6)CC5)nc4)CC3)C2)cc1C. The third-order valence-corrected chi connectivity index (χ3v) is 14.1. The summed E-state index contributed by atoms with van der Waals surface area (Å²) in [6, 6.07) is 14.6. The lowest BCUT2D eigenvalue weighted by atomic mass is 9.77. The van der Waals surface area contributed by atoms with Crippen molar-refractivity contribution < 1.29 is 24.0 Å². The minimum atomic E-state index is -0.856. The van der Waals surface area contributed by atoms with Gasteiger partial charge in [0.15, 0.2) is 11.5 Å². The molecule has 13 heteroatoms. The normalized spacial score (nSPS) is 22.7. The van der Waals surface area contributed by atoms with Crippen LogP contribution in [0.1, 0.15) is 88.0 Å². The number of carbonyl (C=O) groups is 5. The average Bonchev–Trinajstić information content (AvgIpc) is 3.78. The maximum atomic E-state index is 13.5. The van der Waals surface area contributed by atoms with Crippen LogP contribution >= 0.6 is 0 Å². The number of amides is 3. The van der Waals surface area contributed by atoms with E-state index in [1.54, 1.807) is 18.3 Å². The van der Waals surface area contributed by atoms with E-state index >= 15 is 0 Å². The zero-order chi connectivity index (χ0) is 40.8. The molecule has 5 aliphatic heterocycles. The number of piperazine rings is 1. The fraction of sp³-hybridized carbons (Fsp3) is 0.500. The molecule has 5 fully saturated rings. The molecule has 6 aliphatic rings. The van der Waals surface area contributed by atoms with Crippen molar-refractivity contribution in [1.82, 2.24) is 19.7 Å². The van der Waals surface area contributed by atoms with E-state index < -0.39 is 17.9 Å². The van der Waals surface area contributed by atoms with E-state index in [0.717, 1.165) is 126 Å². The van der Waals surface area contributed by atoms with E-state index in [2.05, 4.69) is 36.6 Å². The first kappa shape index (κ1) is 38.9. The highest BCUT2D eigenvalue weighted by atomic mass is 16.2. The lowest BCUT2D eigenvalue weighted by Crippen LogP contribution is -2.49. The van der Waals surface area contributed by atoms with Gasteiger partial charge in [0.25, 0.3) is 17.7 Å². The molecule has 1 unspecified atom stereocenters. The Labute approximate surface area is 345 Å². The number of pyridine rings is 1. The van der Waals surface area contributed by atoms with Crippen LogP contribution in [-0.4, -0.2) is 127 Å². The zero-order valence-electron chi connectivity index (χ0n) is 33.9. The maximum Gasteiger partial charge on any atom is 0.262 e. The Balaban J connectivity index is 0.713. The molecule has 2 aromatic carbocycles. The molecular weight excluding hydrogens is 745 g/mol. The van der Waals surface area contributed by atoms with Crippen LogP contribution in [0.15, 0.2) is 54.7 Å². The number of Topliss-reactive ketones (excluding diaryl/α,β-unsaturated/α-hetero) is 2. The van der Waals surface area contributed by atoms with Crippen molar-refractivity contribution in [3.8, 4) is 0 Å². The van der Waals surface area contributed by atoms with Crippen LogP contribution in [0.4, 0.5) is 22.9 Å². The van der Waals surface area contributed by atoms with Gasteiger partial charge in [-0.25, -0.2) is 9.83 Å². The van der Waals surface area contributed by atoms with Gasteiger partial charge in [-0.05, 0) is 105 Å². The first-order chi connectivity index (χ1) is 28.6. The minimum Gasteiger partial charge on any atom is -0.371 e. The number of nitrogens with zero attached hydrogens (tertiary/aromatic N) is 8. The molecule has 1 aromatic heterocycles. The maximum absolute atomic E-state index is 13.5. The second-order valence-corrected chi connectivity index (χ2v) is 17.6. The number of fused-ring (bicyclic) bond motifs is 1. The molecule has 13 nitrogen and oxygen atoms in total. The molecule has 1 spiro atoms. The van der Waals surface area contributed by atoms with Crippen LogP contribution in [0.5, 0.6) is 0 Å². The van der Waals surface area contributed by atoms with E-state index in [-0.39, 0.29) is 42.2 Å². The van der Waals surface area contributed by atoms with Crippen LogP contribution < -0.4 is 14.7 Å². The molecule has 1 saturated carbocycles. The lowest BCUT2D eigenvalue weighted by molar-refractivity contribution is -0.132. The number of anilines is 3. The second kappa shape index (κ2) is 15.9. The molecule has 4 saturated heterocycles. The quantitative estimate of drug-likeness (QED) is 0.175. The Morgan fingerprint density at radius 3 is 2.19 bits per heavy atom. The number of hydrogen-bond acceptors (Lipinski definition) is 10. The molecule has 9 rings (SSSR count). The van der Waals surface area contributed by atoms with E-state index in [1.165, 1.54) is 5.69 Å². The van der Waals surface area contributed by atoms with Crippen molar-refractivity contribution in [3.05, 3.63) is 88.4 Å². The van der Waals surface area contributed by atoms with Gasteiger partial charge in [-0.2, -0.15) is 0 Å². The van der Waals surface area contributed by atoms with Gasteiger partial charge in [0.2, 0.25) is 0 Å². The summed E-state index contributed by atoms with van der Waals surface area (Å²) < 4.78 is 0. The first-order valence-corrected chi connectivity index (χ1v) is 21.3. The zero-order valence-corrected chi connectivity index (χ0v) is 33.9. The highest BCUT2D eigenvalue weighted by molar-refractivity contribution is 6.24. The second-order valence-electron chi connectivity index (χ2n) is 17.6. The molecule has 3 aromatic rings. The number of carbonyl (C=O) groups excluding carboxylic acids is 5. The monoisotopic (exact) mass is 796 g/mol. The number of aryl methyl sites for hydroxylation is 1. The Bertz CT molecular complexity index is 2210. The van der Waals surface area contributed by atoms with Crippen molar-refractivity contribution in [1.29, 1.82) is 0 Å².